The van der Waals surface area contributed by atoms with E-state index < -0.39 is 0 Å². The van der Waals surface area contributed by atoms with E-state index in [4.69, 9.17) is 16.6 Å². The highest BCUT2D eigenvalue weighted by Crippen LogP contribution is 2.30. The molecule has 0 saturated carbocycles. The van der Waals surface area contributed by atoms with Crippen LogP contribution in [0.3, 0.4) is 0 Å². The summed E-state index contributed by atoms with van der Waals surface area (Å²) in [5.74, 6) is 1.33. The highest BCUT2D eigenvalue weighted by molar-refractivity contribution is 6.17. The fourth-order valence-electron chi connectivity index (χ4n) is 2.72. The van der Waals surface area contributed by atoms with Gasteiger partial charge in [-0.1, -0.05) is 23.8 Å². The normalized spacial score (nSPS) is 11.0. The van der Waals surface area contributed by atoms with Gasteiger partial charge in [0.25, 0.3) is 0 Å². The molecule has 0 radical (unpaired) electrons. The van der Waals surface area contributed by atoms with Crippen molar-refractivity contribution in [2.45, 2.75) is 19.7 Å². The Balaban J connectivity index is 2.15. The van der Waals surface area contributed by atoms with Crippen LogP contribution in [0.2, 0.25) is 0 Å². The maximum atomic E-state index is 6.16. The summed E-state index contributed by atoms with van der Waals surface area (Å²) < 4.78 is 2.04. The van der Waals surface area contributed by atoms with Crippen molar-refractivity contribution in [3.05, 3.63) is 59.4 Å². The molecule has 108 valence electrons. The smallest absolute Gasteiger partial charge is 0.156 e. The number of benzene rings is 1. The number of hydrogen-bond acceptors (Lipinski definition) is 2. The van der Waals surface area contributed by atoms with Gasteiger partial charge in [-0.2, -0.15) is 0 Å². The number of aromatic nitrogens is 2. The predicted octanol–water partition coefficient (Wildman–Crippen LogP) is 4.46. The summed E-state index contributed by atoms with van der Waals surface area (Å²) in [5.41, 5.74) is 5.57. The molecule has 4 heteroatoms. The van der Waals surface area contributed by atoms with Gasteiger partial charge >= 0.3 is 0 Å². The third-order valence-corrected chi connectivity index (χ3v) is 4.02. The summed E-state index contributed by atoms with van der Waals surface area (Å²) in [5, 5.41) is 0. The number of anilines is 2. The molecule has 3 nitrogen and oxygen atoms in total. The van der Waals surface area contributed by atoms with Crippen molar-refractivity contribution in [1.82, 2.24) is 9.38 Å². The van der Waals surface area contributed by atoms with Crippen molar-refractivity contribution >= 4 is 28.8 Å². The number of hydrogen-bond donors (Lipinski definition) is 0. The molecule has 0 bridgehead atoms. The lowest BCUT2D eigenvalue weighted by molar-refractivity contribution is 1.06. The lowest BCUT2D eigenvalue weighted by Crippen LogP contribution is -2.13. The molecule has 0 aliphatic heterocycles. The Morgan fingerprint density at radius 3 is 2.71 bits per heavy atom. The molecule has 0 aliphatic rings. The Labute approximate surface area is 129 Å². The van der Waals surface area contributed by atoms with Crippen LogP contribution >= 0.6 is 11.6 Å². The van der Waals surface area contributed by atoms with Gasteiger partial charge < -0.3 is 9.30 Å². The number of rotatable bonds is 3. The number of fused-ring (bicyclic) bond motifs is 1. The van der Waals surface area contributed by atoms with Gasteiger partial charge in [-0.05, 0) is 37.6 Å². The topological polar surface area (TPSA) is 20.5 Å². The van der Waals surface area contributed by atoms with Crippen LogP contribution in [0.1, 0.15) is 16.8 Å². The van der Waals surface area contributed by atoms with Crippen molar-refractivity contribution in [3.63, 3.8) is 0 Å². The summed E-state index contributed by atoms with van der Waals surface area (Å²) in [4.78, 5) is 6.84. The average molecular weight is 300 g/mol. The van der Waals surface area contributed by atoms with Crippen LogP contribution in [0.5, 0.6) is 0 Å². The molecule has 0 amide bonds. The van der Waals surface area contributed by atoms with E-state index in [-0.39, 0.29) is 0 Å². The molecule has 1 aromatic carbocycles. The molecule has 0 spiro atoms. The zero-order valence-corrected chi connectivity index (χ0v) is 13.2. The second-order valence-corrected chi connectivity index (χ2v) is 5.56. The Morgan fingerprint density at radius 1 is 1.19 bits per heavy atom. The monoisotopic (exact) mass is 299 g/mol. The second-order valence-electron chi connectivity index (χ2n) is 5.29. The maximum Gasteiger partial charge on any atom is 0.156 e. The lowest BCUT2D eigenvalue weighted by Gasteiger charge is -2.20. The third-order valence-electron chi connectivity index (χ3n) is 3.77. The summed E-state index contributed by atoms with van der Waals surface area (Å²) >= 11 is 6.16. The first-order valence-corrected chi connectivity index (χ1v) is 7.48. The fraction of sp³-hybridized carbons (Fsp3) is 0.235. The molecule has 2 heterocycles. The first kappa shape index (κ1) is 14.0. The van der Waals surface area contributed by atoms with Gasteiger partial charge in [-0.3, -0.25) is 0 Å². The lowest BCUT2D eigenvalue weighted by atomic mass is 10.1. The molecular formula is C17H18ClN3. The van der Waals surface area contributed by atoms with Gasteiger partial charge in [-0.15, -0.1) is 11.6 Å². The quantitative estimate of drug-likeness (QED) is 0.666. The van der Waals surface area contributed by atoms with Crippen molar-refractivity contribution < 1.29 is 0 Å². The number of alkyl halides is 1. The molecule has 0 unspecified atom stereocenters. The molecule has 0 saturated heterocycles. The highest BCUT2D eigenvalue weighted by atomic mass is 35.5. The number of pyridine rings is 1. The van der Waals surface area contributed by atoms with Crippen LogP contribution in [0, 0.1) is 13.8 Å². The van der Waals surface area contributed by atoms with Crippen LogP contribution in [0.15, 0.2) is 42.6 Å². The number of nitrogens with zero attached hydrogens (tertiary/aromatic N) is 3. The van der Waals surface area contributed by atoms with E-state index in [1.807, 2.05) is 35.8 Å². The second kappa shape index (κ2) is 5.41. The molecule has 2 aromatic heterocycles. The number of halogens is 1. The maximum absolute atomic E-state index is 6.16. The highest BCUT2D eigenvalue weighted by Gasteiger charge is 2.17. The van der Waals surface area contributed by atoms with E-state index in [0.29, 0.717) is 5.88 Å². The Morgan fingerprint density at radius 2 is 2.00 bits per heavy atom. The molecule has 3 aromatic rings. The van der Waals surface area contributed by atoms with Gasteiger partial charge in [0, 0.05) is 18.9 Å². The van der Waals surface area contributed by atoms with Crippen LogP contribution in [0.4, 0.5) is 11.5 Å². The minimum Gasteiger partial charge on any atom is -0.328 e. The molecule has 0 aliphatic carbocycles. The van der Waals surface area contributed by atoms with Gasteiger partial charge in [-0.25, -0.2) is 4.98 Å². The number of aryl methyl sites for hydroxylation is 2. The summed E-state index contributed by atoms with van der Waals surface area (Å²) in [7, 11) is 2.04. The fourth-order valence-corrected chi connectivity index (χ4v) is 2.97. The van der Waals surface area contributed by atoms with E-state index in [0.717, 1.165) is 22.8 Å². The predicted molar refractivity (Wildman–Crippen MR) is 88.7 cm³/mol. The first-order chi connectivity index (χ1) is 10.1. The minimum atomic E-state index is 0.426. The van der Waals surface area contributed by atoms with Crippen molar-refractivity contribution in [1.29, 1.82) is 0 Å². The van der Waals surface area contributed by atoms with E-state index in [9.17, 15) is 0 Å². The van der Waals surface area contributed by atoms with Gasteiger partial charge in [0.1, 0.15) is 5.65 Å². The van der Waals surface area contributed by atoms with Crippen molar-refractivity contribution in [2.24, 2.45) is 0 Å². The van der Waals surface area contributed by atoms with Gasteiger partial charge in [0.15, 0.2) is 5.82 Å². The minimum absolute atomic E-state index is 0.426. The average Bonchev–Trinajstić information content (AvgIpc) is 2.85. The zero-order valence-electron chi connectivity index (χ0n) is 12.5. The number of imidazole rings is 1. The van der Waals surface area contributed by atoms with Crippen LogP contribution in [0.25, 0.3) is 5.65 Å². The molecular weight excluding hydrogens is 282 g/mol. The Hall–Kier alpha value is -2.00. The van der Waals surface area contributed by atoms with Crippen LogP contribution < -0.4 is 4.90 Å². The van der Waals surface area contributed by atoms with Gasteiger partial charge in [0.05, 0.1) is 11.6 Å². The van der Waals surface area contributed by atoms with E-state index in [2.05, 4.69) is 36.9 Å². The largest absolute Gasteiger partial charge is 0.328 e. The molecule has 0 atom stereocenters. The van der Waals surface area contributed by atoms with Crippen LogP contribution in [-0.4, -0.2) is 16.4 Å². The van der Waals surface area contributed by atoms with Crippen molar-refractivity contribution in [3.8, 4) is 0 Å². The first-order valence-electron chi connectivity index (χ1n) is 6.94. The van der Waals surface area contributed by atoms with Crippen LogP contribution in [-0.2, 0) is 5.88 Å². The zero-order chi connectivity index (χ0) is 15.0. The van der Waals surface area contributed by atoms with Crippen molar-refractivity contribution in [2.75, 3.05) is 11.9 Å². The molecule has 3 rings (SSSR count). The molecule has 0 N–H and O–H groups in total. The Bertz CT molecular complexity index is 792. The Kier molecular flexibility index (Phi) is 3.60. The summed E-state index contributed by atoms with van der Waals surface area (Å²) in [6, 6.07) is 12.4. The third kappa shape index (κ3) is 2.38. The standard InChI is InChI=1S/C17H18ClN3/c1-12-7-8-14(13(2)10-12)20(3)17-15(11-18)21-9-5-4-6-16(21)19-17/h4-10H,11H2,1-3H3. The SMILES string of the molecule is Cc1ccc(N(C)c2nc3ccccn3c2CCl)c(C)c1. The van der Waals surface area contributed by atoms with E-state index in [1.54, 1.807) is 0 Å². The van der Waals surface area contributed by atoms with Gasteiger partial charge in [0.2, 0.25) is 0 Å². The summed E-state index contributed by atoms with van der Waals surface area (Å²) in [6.45, 7) is 4.22. The molecule has 0 fully saturated rings. The van der Waals surface area contributed by atoms with E-state index in [1.165, 1.54) is 11.1 Å². The van der Waals surface area contributed by atoms with E-state index >= 15 is 0 Å². The molecule has 21 heavy (non-hydrogen) atoms. The summed E-state index contributed by atoms with van der Waals surface area (Å²) in [6.07, 6.45) is 2.00.